The first-order chi connectivity index (χ1) is 10.2. The summed E-state index contributed by atoms with van der Waals surface area (Å²) in [7, 11) is 1.73. The minimum Gasteiger partial charge on any atom is -0.496 e. The van der Waals surface area contributed by atoms with Gasteiger partial charge in [-0.2, -0.15) is 0 Å². The van der Waals surface area contributed by atoms with Gasteiger partial charge in [-0.15, -0.1) is 0 Å². The lowest BCUT2D eigenvalue weighted by Gasteiger charge is -2.22. The number of ether oxygens (including phenoxy) is 1. The zero-order valence-electron chi connectivity index (χ0n) is 12.8. The molecule has 0 aromatic heterocycles. The van der Waals surface area contributed by atoms with E-state index in [9.17, 15) is 0 Å². The quantitative estimate of drug-likeness (QED) is 0.820. The zero-order chi connectivity index (χ0) is 15.2. The van der Waals surface area contributed by atoms with Crippen molar-refractivity contribution in [3.8, 4) is 5.75 Å². The van der Waals surface area contributed by atoms with Crippen LogP contribution in [0.3, 0.4) is 0 Å². The fourth-order valence-corrected chi connectivity index (χ4v) is 3.01. The summed E-state index contributed by atoms with van der Waals surface area (Å²) >= 11 is 3.63. The van der Waals surface area contributed by atoms with Crippen molar-refractivity contribution in [1.29, 1.82) is 0 Å². The van der Waals surface area contributed by atoms with Gasteiger partial charge < -0.3 is 10.1 Å². The molecular weight excluding hydrogens is 326 g/mol. The minimum absolute atomic E-state index is 0.281. The largest absolute Gasteiger partial charge is 0.496 e. The van der Waals surface area contributed by atoms with Gasteiger partial charge in [0.15, 0.2) is 0 Å². The van der Waals surface area contributed by atoms with Gasteiger partial charge in [-0.05, 0) is 48.7 Å². The van der Waals surface area contributed by atoms with Gasteiger partial charge in [-0.25, -0.2) is 0 Å². The smallest absolute Gasteiger partial charge is 0.122 e. The molecule has 0 spiro atoms. The first kappa shape index (κ1) is 16.1. The molecule has 0 saturated heterocycles. The summed E-state index contributed by atoms with van der Waals surface area (Å²) in [5.41, 5.74) is 3.85. The van der Waals surface area contributed by atoms with Crippen LogP contribution in [-0.2, 0) is 6.42 Å². The van der Waals surface area contributed by atoms with E-state index in [1.165, 1.54) is 16.7 Å². The van der Waals surface area contributed by atoms with E-state index in [1.54, 1.807) is 7.11 Å². The molecule has 0 amide bonds. The molecule has 3 heteroatoms. The van der Waals surface area contributed by atoms with E-state index >= 15 is 0 Å². The summed E-state index contributed by atoms with van der Waals surface area (Å²) in [4.78, 5) is 0. The molecule has 0 aliphatic rings. The lowest BCUT2D eigenvalue weighted by atomic mass is 9.95. The molecule has 1 atom stereocenters. The van der Waals surface area contributed by atoms with Gasteiger partial charge in [0.05, 0.1) is 7.11 Å². The number of rotatable bonds is 6. The molecule has 0 heterocycles. The third-order valence-electron chi connectivity index (χ3n) is 3.75. The molecule has 2 nitrogen and oxygen atoms in total. The number of halogens is 1. The highest BCUT2D eigenvalue weighted by Crippen LogP contribution is 2.29. The van der Waals surface area contributed by atoms with Crippen molar-refractivity contribution in [1.82, 2.24) is 5.32 Å². The number of para-hydroxylation sites is 1. The van der Waals surface area contributed by atoms with Gasteiger partial charge in [0.2, 0.25) is 0 Å². The molecule has 0 aliphatic carbocycles. The van der Waals surface area contributed by atoms with Gasteiger partial charge in [0.25, 0.3) is 0 Å². The molecule has 2 aromatic rings. The first-order valence-electron chi connectivity index (χ1n) is 7.27. The lowest BCUT2D eigenvalue weighted by molar-refractivity contribution is 0.405. The second-order valence-electron chi connectivity index (χ2n) is 5.08. The van der Waals surface area contributed by atoms with Crippen LogP contribution in [0.25, 0.3) is 0 Å². The molecule has 21 heavy (non-hydrogen) atoms. The average Bonchev–Trinajstić information content (AvgIpc) is 2.50. The fourth-order valence-electron chi connectivity index (χ4n) is 2.63. The second-order valence-corrected chi connectivity index (χ2v) is 5.93. The van der Waals surface area contributed by atoms with Crippen LogP contribution in [0.1, 0.15) is 29.7 Å². The Morgan fingerprint density at radius 3 is 2.62 bits per heavy atom. The number of likely N-dealkylation sites (N-methyl/N-ethyl adjacent to an activating group) is 1. The monoisotopic (exact) mass is 347 g/mol. The average molecular weight is 348 g/mol. The Kier molecular flexibility index (Phi) is 5.83. The number of hydrogen-bond acceptors (Lipinski definition) is 2. The van der Waals surface area contributed by atoms with Gasteiger partial charge in [0, 0.05) is 10.5 Å². The van der Waals surface area contributed by atoms with E-state index in [1.807, 2.05) is 12.1 Å². The molecule has 0 aliphatic heterocycles. The summed E-state index contributed by atoms with van der Waals surface area (Å²) < 4.78 is 6.63. The fraction of sp³-hybridized carbons (Fsp3) is 0.333. The molecule has 0 radical (unpaired) electrons. The number of methoxy groups -OCH3 is 1. The van der Waals surface area contributed by atoms with Gasteiger partial charge in [0.1, 0.15) is 5.75 Å². The molecule has 1 N–H and O–H groups in total. The summed E-state index contributed by atoms with van der Waals surface area (Å²) in [6, 6.07) is 14.9. The third-order valence-corrected chi connectivity index (χ3v) is 4.61. The Morgan fingerprint density at radius 1 is 1.14 bits per heavy atom. The molecule has 2 rings (SSSR count). The Balaban J connectivity index is 2.33. The van der Waals surface area contributed by atoms with Crippen molar-refractivity contribution in [3.05, 3.63) is 63.6 Å². The summed E-state index contributed by atoms with van der Waals surface area (Å²) in [6.07, 6.45) is 0.912. The SMILES string of the molecule is CCNC(Cc1ccccc1OC)c1cccc(Br)c1C. The highest BCUT2D eigenvalue weighted by atomic mass is 79.9. The minimum atomic E-state index is 0.281. The van der Waals surface area contributed by atoms with Crippen LogP contribution in [0.4, 0.5) is 0 Å². The normalized spacial score (nSPS) is 12.2. The summed E-state index contributed by atoms with van der Waals surface area (Å²) in [6.45, 7) is 5.24. The van der Waals surface area contributed by atoms with E-state index in [-0.39, 0.29) is 6.04 Å². The van der Waals surface area contributed by atoms with Crippen LogP contribution in [0, 0.1) is 6.92 Å². The molecule has 0 bridgehead atoms. The molecule has 0 saturated carbocycles. The maximum atomic E-state index is 5.48. The Morgan fingerprint density at radius 2 is 1.90 bits per heavy atom. The number of nitrogens with one attached hydrogen (secondary N) is 1. The van der Waals surface area contributed by atoms with Crippen molar-refractivity contribution in [2.75, 3.05) is 13.7 Å². The Labute approximate surface area is 135 Å². The zero-order valence-corrected chi connectivity index (χ0v) is 14.4. The maximum Gasteiger partial charge on any atom is 0.122 e. The van der Waals surface area contributed by atoms with E-state index in [4.69, 9.17) is 4.74 Å². The van der Waals surface area contributed by atoms with E-state index in [2.05, 4.69) is 65.4 Å². The molecular formula is C18H22BrNO. The predicted molar refractivity (Wildman–Crippen MR) is 92.0 cm³/mol. The second kappa shape index (κ2) is 7.62. The summed E-state index contributed by atoms with van der Waals surface area (Å²) in [5, 5.41) is 3.59. The highest BCUT2D eigenvalue weighted by molar-refractivity contribution is 9.10. The van der Waals surface area contributed by atoms with E-state index in [0.717, 1.165) is 23.2 Å². The molecule has 2 aromatic carbocycles. The van der Waals surface area contributed by atoms with Gasteiger partial charge >= 0.3 is 0 Å². The lowest BCUT2D eigenvalue weighted by Crippen LogP contribution is -2.24. The Hall–Kier alpha value is -1.32. The third kappa shape index (κ3) is 3.86. The number of benzene rings is 2. The predicted octanol–water partition coefficient (Wildman–Crippen LogP) is 4.66. The van der Waals surface area contributed by atoms with Crippen LogP contribution in [-0.4, -0.2) is 13.7 Å². The number of hydrogen-bond donors (Lipinski definition) is 1. The standard InChI is InChI=1S/C18H22BrNO/c1-4-20-17(15-9-7-10-16(19)13(15)2)12-14-8-5-6-11-18(14)21-3/h5-11,17,20H,4,12H2,1-3H3. The molecule has 1 unspecified atom stereocenters. The molecule has 0 fully saturated rings. The van der Waals surface area contributed by atoms with Crippen molar-refractivity contribution >= 4 is 15.9 Å². The van der Waals surface area contributed by atoms with Crippen molar-refractivity contribution < 1.29 is 4.74 Å². The van der Waals surface area contributed by atoms with E-state index < -0.39 is 0 Å². The van der Waals surface area contributed by atoms with Crippen LogP contribution in [0.2, 0.25) is 0 Å². The molecule has 112 valence electrons. The van der Waals surface area contributed by atoms with Crippen molar-refractivity contribution in [2.45, 2.75) is 26.3 Å². The van der Waals surface area contributed by atoms with Gasteiger partial charge in [-0.3, -0.25) is 0 Å². The summed E-state index contributed by atoms with van der Waals surface area (Å²) in [5.74, 6) is 0.952. The van der Waals surface area contributed by atoms with Crippen molar-refractivity contribution in [3.63, 3.8) is 0 Å². The van der Waals surface area contributed by atoms with Crippen LogP contribution < -0.4 is 10.1 Å². The van der Waals surface area contributed by atoms with Crippen molar-refractivity contribution in [2.24, 2.45) is 0 Å². The van der Waals surface area contributed by atoms with Crippen LogP contribution in [0.15, 0.2) is 46.9 Å². The highest BCUT2D eigenvalue weighted by Gasteiger charge is 2.16. The van der Waals surface area contributed by atoms with E-state index in [0.29, 0.717) is 0 Å². The van der Waals surface area contributed by atoms with Crippen LogP contribution >= 0.6 is 15.9 Å². The maximum absolute atomic E-state index is 5.48. The van der Waals surface area contributed by atoms with Gasteiger partial charge in [-0.1, -0.05) is 53.2 Å². The first-order valence-corrected chi connectivity index (χ1v) is 8.07. The van der Waals surface area contributed by atoms with Crippen LogP contribution in [0.5, 0.6) is 5.75 Å². The topological polar surface area (TPSA) is 21.3 Å². The Bertz CT molecular complexity index is 598.